The Morgan fingerprint density at radius 3 is 2.83 bits per heavy atom. The van der Waals surface area contributed by atoms with E-state index in [-0.39, 0.29) is 18.1 Å². The van der Waals surface area contributed by atoms with Crippen LogP contribution in [-0.4, -0.2) is 36.2 Å². The third-order valence-corrected chi connectivity index (χ3v) is 4.27. The van der Waals surface area contributed by atoms with Crippen molar-refractivity contribution in [1.29, 1.82) is 0 Å². The van der Waals surface area contributed by atoms with Gasteiger partial charge in [0, 0.05) is 37.8 Å². The fraction of sp³-hybridized carbons (Fsp3) is 0.444. The summed E-state index contributed by atoms with van der Waals surface area (Å²) in [5.74, 6) is 1.89. The monoisotopic (exact) mass is 328 g/mol. The molecule has 2 aromatic rings. The molecule has 6 nitrogen and oxygen atoms in total. The van der Waals surface area contributed by atoms with Gasteiger partial charge in [-0.05, 0) is 44.0 Å². The van der Waals surface area contributed by atoms with Gasteiger partial charge in [-0.3, -0.25) is 0 Å². The molecule has 0 aliphatic carbocycles. The van der Waals surface area contributed by atoms with Gasteiger partial charge in [0.15, 0.2) is 0 Å². The first kappa shape index (κ1) is 16.4. The molecule has 0 spiro atoms. The number of urea groups is 1. The van der Waals surface area contributed by atoms with Crippen LogP contribution in [-0.2, 0) is 6.42 Å². The molecule has 0 radical (unpaired) electrons. The quantitative estimate of drug-likeness (QED) is 0.885. The molecule has 2 N–H and O–H groups in total. The lowest BCUT2D eigenvalue weighted by atomic mass is 10.1. The van der Waals surface area contributed by atoms with Gasteiger partial charge in [0.2, 0.25) is 0 Å². The number of furan rings is 1. The number of hydrogen-bond donors (Lipinski definition) is 2. The fourth-order valence-electron chi connectivity index (χ4n) is 3.03. The van der Waals surface area contributed by atoms with Crippen molar-refractivity contribution in [2.24, 2.45) is 0 Å². The highest BCUT2D eigenvalue weighted by Gasteiger charge is 2.21. The van der Waals surface area contributed by atoms with Crippen molar-refractivity contribution in [3.63, 3.8) is 0 Å². The van der Waals surface area contributed by atoms with E-state index in [9.17, 15) is 4.79 Å². The van der Waals surface area contributed by atoms with Crippen LogP contribution in [0.2, 0.25) is 0 Å². The largest absolute Gasteiger partial charge is 0.469 e. The van der Waals surface area contributed by atoms with E-state index in [1.807, 2.05) is 43.5 Å². The molecule has 1 atom stereocenters. The second-order valence-electron chi connectivity index (χ2n) is 6.25. The third-order valence-electron chi connectivity index (χ3n) is 4.27. The van der Waals surface area contributed by atoms with Gasteiger partial charge in [0.1, 0.15) is 11.6 Å². The van der Waals surface area contributed by atoms with E-state index in [1.165, 1.54) is 0 Å². The first-order valence-corrected chi connectivity index (χ1v) is 8.46. The minimum atomic E-state index is -0.106. The first-order valence-electron chi connectivity index (χ1n) is 8.46. The van der Waals surface area contributed by atoms with Gasteiger partial charge < -0.3 is 20.0 Å². The molecule has 128 valence electrons. The van der Waals surface area contributed by atoms with E-state index < -0.39 is 0 Å². The number of anilines is 1. The minimum Gasteiger partial charge on any atom is -0.469 e. The predicted molar refractivity (Wildman–Crippen MR) is 93.0 cm³/mol. The van der Waals surface area contributed by atoms with Crippen molar-refractivity contribution in [3.8, 4) is 0 Å². The SMILES string of the molecule is C[C@H](Cc1ccco1)NC(=O)NC1CCN(c2ccccn2)CC1. The van der Waals surface area contributed by atoms with Crippen LogP contribution in [0.1, 0.15) is 25.5 Å². The van der Waals surface area contributed by atoms with Crippen molar-refractivity contribution in [1.82, 2.24) is 15.6 Å². The number of nitrogens with one attached hydrogen (secondary N) is 2. The number of pyridine rings is 1. The predicted octanol–water partition coefficient (Wildman–Crippen LogP) is 2.57. The number of nitrogens with zero attached hydrogens (tertiary/aromatic N) is 2. The second kappa shape index (κ2) is 7.86. The van der Waals surface area contributed by atoms with E-state index in [0.29, 0.717) is 6.42 Å². The molecular formula is C18H24N4O2. The zero-order valence-corrected chi connectivity index (χ0v) is 13.9. The Hall–Kier alpha value is -2.50. The molecule has 1 aliphatic rings. The highest BCUT2D eigenvalue weighted by Crippen LogP contribution is 2.17. The second-order valence-corrected chi connectivity index (χ2v) is 6.25. The number of carbonyl (C=O) groups is 1. The summed E-state index contributed by atoms with van der Waals surface area (Å²) >= 11 is 0. The summed E-state index contributed by atoms with van der Waals surface area (Å²) in [6, 6.07) is 9.86. The lowest BCUT2D eigenvalue weighted by Crippen LogP contribution is -2.50. The molecule has 0 bridgehead atoms. The summed E-state index contributed by atoms with van der Waals surface area (Å²) in [6.07, 6.45) is 6.01. The van der Waals surface area contributed by atoms with Crippen molar-refractivity contribution < 1.29 is 9.21 Å². The molecule has 3 rings (SSSR count). The Kier molecular flexibility index (Phi) is 5.36. The van der Waals surface area contributed by atoms with Crippen molar-refractivity contribution in [2.75, 3.05) is 18.0 Å². The van der Waals surface area contributed by atoms with Gasteiger partial charge in [0.05, 0.1) is 6.26 Å². The van der Waals surface area contributed by atoms with Crippen LogP contribution in [0.5, 0.6) is 0 Å². The van der Waals surface area contributed by atoms with Crippen LogP contribution >= 0.6 is 0 Å². The maximum atomic E-state index is 12.1. The zero-order valence-electron chi connectivity index (χ0n) is 13.9. The maximum Gasteiger partial charge on any atom is 0.315 e. The summed E-state index contributed by atoms with van der Waals surface area (Å²) in [5, 5.41) is 6.05. The zero-order chi connectivity index (χ0) is 16.8. The minimum absolute atomic E-state index is 0.0322. The molecular weight excluding hydrogens is 304 g/mol. The van der Waals surface area contributed by atoms with Crippen molar-refractivity contribution in [3.05, 3.63) is 48.6 Å². The van der Waals surface area contributed by atoms with Gasteiger partial charge >= 0.3 is 6.03 Å². The van der Waals surface area contributed by atoms with Crippen LogP contribution in [0.3, 0.4) is 0 Å². The molecule has 24 heavy (non-hydrogen) atoms. The van der Waals surface area contributed by atoms with Crippen molar-refractivity contribution in [2.45, 2.75) is 38.3 Å². The standard InChI is InChI=1S/C18H24N4O2/c1-14(13-16-5-4-12-24-16)20-18(23)21-15-7-10-22(11-8-15)17-6-2-3-9-19-17/h2-6,9,12,14-15H,7-8,10-11,13H2,1H3,(H2,20,21,23)/t14-/m1/s1. The van der Waals surface area contributed by atoms with Gasteiger partial charge in [-0.1, -0.05) is 6.07 Å². The highest BCUT2D eigenvalue weighted by atomic mass is 16.3. The fourth-order valence-corrected chi connectivity index (χ4v) is 3.03. The molecule has 6 heteroatoms. The van der Waals surface area contributed by atoms with Crippen LogP contribution in [0.15, 0.2) is 47.2 Å². The Balaban J connectivity index is 1.40. The van der Waals surface area contributed by atoms with Gasteiger partial charge in [0.25, 0.3) is 0 Å². The summed E-state index contributed by atoms with van der Waals surface area (Å²) in [4.78, 5) is 18.8. The van der Waals surface area contributed by atoms with Gasteiger partial charge in [-0.15, -0.1) is 0 Å². The third kappa shape index (κ3) is 4.50. The highest BCUT2D eigenvalue weighted by molar-refractivity contribution is 5.74. The molecule has 1 saturated heterocycles. The van der Waals surface area contributed by atoms with Crippen molar-refractivity contribution >= 4 is 11.8 Å². The average molecular weight is 328 g/mol. The maximum absolute atomic E-state index is 12.1. The Labute approximate surface area is 142 Å². The normalized spacial score (nSPS) is 16.6. The van der Waals surface area contributed by atoms with E-state index >= 15 is 0 Å². The molecule has 0 unspecified atom stereocenters. The van der Waals surface area contributed by atoms with Gasteiger partial charge in [-0.2, -0.15) is 0 Å². The Morgan fingerprint density at radius 2 is 2.17 bits per heavy atom. The van der Waals surface area contributed by atoms with E-state index in [2.05, 4.69) is 20.5 Å². The lowest BCUT2D eigenvalue weighted by molar-refractivity contribution is 0.231. The van der Waals surface area contributed by atoms with Crippen LogP contribution in [0.4, 0.5) is 10.6 Å². The summed E-state index contributed by atoms with van der Waals surface area (Å²) in [7, 11) is 0. The van der Waals surface area contributed by atoms with E-state index in [1.54, 1.807) is 6.26 Å². The lowest BCUT2D eigenvalue weighted by Gasteiger charge is -2.33. The van der Waals surface area contributed by atoms with E-state index in [4.69, 9.17) is 4.42 Å². The topological polar surface area (TPSA) is 70.4 Å². The molecule has 1 aliphatic heterocycles. The Bertz CT molecular complexity index is 622. The van der Waals surface area contributed by atoms with Crippen LogP contribution in [0.25, 0.3) is 0 Å². The van der Waals surface area contributed by atoms with Crippen LogP contribution in [0, 0.1) is 0 Å². The molecule has 1 fully saturated rings. The summed E-state index contributed by atoms with van der Waals surface area (Å²) in [6.45, 7) is 3.79. The smallest absolute Gasteiger partial charge is 0.315 e. The summed E-state index contributed by atoms with van der Waals surface area (Å²) in [5.41, 5.74) is 0. The molecule has 3 heterocycles. The van der Waals surface area contributed by atoms with Crippen LogP contribution < -0.4 is 15.5 Å². The number of aromatic nitrogens is 1. The Morgan fingerprint density at radius 1 is 1.33 bits per heavy atom. The number of hydrogen-bond acceptors (Lipinski definition) is 4. The molecule has 2 amide bonds. The number of amides is 2. The number of carbonyl (C=O) groups excluding carboxylic acids is 1. The molecule has 0 saturated carbocycles. The first-order chi connectivity index (χ1) is 11.7. The van der Waals surface area contributed by atoms with Gasteiger partial charge in [-0.25, -0.2) is 9.78 Å². The average Bonchev–Trinajstić information content (AvgIpc) is 3.09. The molecule has 2 aromatic heterocycles. The number of piperidine rings is 1. The summed E-state index contributed by atoms with van der Waals surface area (Å²) < 4.78 is 5.31. The molecule has 0 aromatic carbocycles. The number of rotatable bonds is 5. The van der Waals surface area contributed by atoms with E-state index in [0.717, 1.165) is 37.5 Å².